The van der Waals surface area contributed by atoms with E-state index < -0.39 is 5.60 Å². The normalized spacial score (nSPS) is 26.1. The van der Waals surface area contributed by atoms with E-state index in [1.165, 1.54) is 6.42 Å². The summed E-state index contributed by atoms with van der Waals surface area (Å²) in [7, 11) is 1.67. The number of nitrogens with zero attached hydrogens (tertiary/aromatic N) is 1. The summed E-state index contributed by atoms with van der Waals surface area (Å²) in [5.74, 6) is 0.744. The molecule has 0 amide bonds. The van der Waals surface area contributed by atoms with Gasteiger partial charge in [-0.1, -0.05) is 25.5 Å². The molecule has 1 aliphatic rings. The van der Waals surface area contributed by atoms with Crippen molar-refractivity contribution >= 4 is 27.3 Å². The predicted molar refractivity (Wildman–Crippen MR) is 85.7 cm³/mol. The molecule has 0 radical (unpaired) electrons. The van der Waals surface area contributed by atoms with Gasteiger partial charge in [-0.05, 0) is 37.3 Å². The van der Waals surface area contributed by atoms with Crippen LogP contribution in [0.3, 0.4) is 0 Å². The summed E-state index contributed by atoms with van der Waals surface area (Å²) in [6, 6.07) is 8.03. The van der Waals surface area contributed by atoms with Crippen LogP contribution in [0.5, 0.6) is 0 Å². The zero-order chi connectivity index (χ0) is 14.9. The van der Waals surface area contributed by atoms with Gasteiger partial charge in [0.25, 0.3) is 0 Å². The Bertz CT molecular complexity index is 618. The largest absolute Gasteiger partial charge is 0.370 e. The molecule has 3 rings (SSSR count). The Kier molecular flexibility index (Phi) is 4.09. The van der Waals surface area contributed by atoms with Gasteiger partial charge in [-0.2, -0.15) is 0 Å². The SMILES string of the molecule is COC1(C(=O)Cc2nc3ccccc3s2)CCCC(C)C1. The molecular formula is C17H21NO2S. The van der Waals surface area contributed by atoms with E-state index in [0.29, 0.717) is 12.3 Å². The summed E-state index contributed by atoms with van der Waals surface area (Å²) in [6.45, 7) is 2.21. The minimum Gasteiger partial charge on any atom is -0.370 e. The van der Waals surface area contributed by atoms with Crippen LogP contribution in [0.4, 0.5) is 0 Å². The van der Waals surface area contributed by atoms with E-state index in [9.17, 15) is 4.79 Å². The Morgan fingerprint density at radius 2 is 2.29 bits per heavy atom. The molecular weight excluding hydrogens is 282 g/mol. The van der Waals surface area contributed by atoms with Crippen LogP contribution in [0, 0.1) is 5.92 Å². The van der Waals surface area contributed by atoms with Crippen molar-refractivity contribution in [1.82, 2.24) is 4.98 Å². The van der Waals surface area contributed by atoms with Crippen molar-refractivity contribution in [3.8, 4) is 0 Å². The molecule has 0 spiro atoms. The lowest BCUT2D eigenvalue weighted by Gasteiger charge is -2.37. The second-order valence-corrected chi connectivity index (χ2v) is 7.19. The van der Waals surface area contributed by atoms with E-state index in [2.05, 4.69) is 18.0 Å². The topological polar surface area (TPSA) is 39.2 Å². The highest BCUT2D eigenvalue weighted by atomic mass is 32.1. The molecule has 1 heterocycles. The molecule has 2 atom stereocenters. The number of carbonyl (C=O) groups excluding carboxylic acids is 1. The van der Waals surface area contributed by atoms with Gasteiger partial charge in [-0.25, -0.2) is 4.98 Å². The van der Waals surface area contributed by atoms with Crippen LogP contribution < -0.4 is 0 Å². The van der Waals surface area contributed by atoms with Crippen molar-refractivity contribution in [3.05, 3.63) is 29.3 Å². The highest BCUT2D eigenvalue weighted by Gasteiger charge is 2.41. The Morgan fingerprint density at radius 3 is 3.00 bits per heavy atom. The quantitative estimate of drug-likeness (QED) is 0.857. The molecule has 4 heteroatoms. The summed E-state index contributed by atoms with van der Waals surface area (Å²) in [4.78, 5) is 17.4. The summed E-state index contributed by atoms with van der Waals surface area (Å²) in [6.07, 6.45) is 4.34. The minimum absolute atomic E-state index is 0.190. The van der Waals surface area contributed by atoms with Gasteiger partial charge in [0.1, 0.15) is 10.6 Å². The third-order valence-corrected chi connectivity index (χ3v) is 5.54. The lowest BCUT2D eigenvalue weighted by molar-refractivity contribution is -0.146. The minimum atomic E-state index is -0.588. The maximum Gasteiger partial charge on any atom is 0.171 e. The zero-order valence-electron chi connectivity index (χ0n) is 12.6. The van der Waals surface area contributed by atoms with Gasteiger partial charge in [0, 0.05) is 7.11 Å². The van der Waals surface area contributed by atoms with Gasteiger partial charge in [0.05, 0.1) is 16.6 Å². The van der Waals surface area contributed by atoms with Crippen LogP contribution in [-0.2, 0) is 16.0 Å². The number of carbonyl (C=O) groups is 1. The number of aromatic nitrogens is 1. The number of methoxy groups -OCH3 is 1. The monoisotopic (exact) mass is 303 g/mol. The number of para-hydroxylation sites is 1. The molecule has 0 N–H and O–H groups in total. The number of hydrogen-bond acceptors (Lipinski definition) is 4. The lowest BCUT2D eigenvalue weighted by atomic mass is 9.75. The molecule has 0 saturated heterocycles. The molecule has 1 aromatic heterocycles. The number of rotatable bonds is 4. The van der Waals surface area contributed by atoms with Gasteiger partial charge in [0.2, 0.25) is 0 Å². The number of hydrogen-bond donors (Lipinski definition) is 0. The molecule has 0 bridgehead atoms. The van der Waals surface area contributed by atoms with E-state index in [1.807, 2.05) is 18.2 Å². The van der Waals surface area contributed by atoms with Gasteiger partial charge in [-0.3, -0.25) is 4.79 Å². The maximum atomic E-state index is 12.8. The standard InChI is InChI=1S/C17H21NO2S/c1-12-6-5-9-17(11-12,20-2)15(19)10-16-18-13-7-3-4-8-14(13)21-16/h3-4,7-8,12H,5-6,9-11H2,1-2H3. The molecule has 2 unspecified atom stereocenters. The second-order valence-electron chi connectivity index (χ2n) is 6.08. The number of Topliss-reactive ketones (excluding diaryl/α,β-unsaturated/α-hetero) is 1. The first-order valence-electron chi connectivity index (χ1n) is 7.56. The van der Waals surface area contributed by atoms with Gasteiger partial charge < -0.3 is 4.74 Å². The summed E-state index contributed by atoms with van der Waals surface area (Å²) in [5, 5.41) is 0.899. The van der Waals surface area contributed by atoms with E-state index >= 15 is 0 Å². The maximum absolute atomic E-state index is 12.8. The van der Waals surface area contributed by atoms with Crippen LogP contribution in [0.1, 0.15) is 37.6 Å². The third-order valence-electron chi connectivity index (χ3n) is 4.50. The summed E-state index contributed by atoms with van der Waals surface area (Å²) in [5.41, 5.74) is 0.393. The van der Waals surface area contributed by atoms with Crippen LogP contribution >= 0.6 is 11.3 Å². The first-order valence-corrected chi connectivity index (χ1v) is 8.37. The van der Waals surface area contributed by atoms with Crippen molar-refractivity contribution < 1.29 is 9.53 Å². The van der Waals surface area contributed by atoms with Crippen LogP contribution in [0.15, 0.2) is 24.3 Å². The van der Waals surface area contributed by atoms with Gasteiger partial charge >= 0.3 is 0 Å². The Labute approximate surface area is 129 Å². The first kappa shape index (κ1) is 14.7. The highest BCUT2D eigenvalue weighted by molar-refractivity contribution is 7.18. The lowest BCUT2D eigenvalue weighted by Crippen LogP contribution is -2.45. The fraction of sp³-hybridized carbons (Fsp3) is 0.529. The highest BCUT2D eigenvalue weighted by Crippen LogP contribution is 2.36. The van der Waals surface area contributed by atoms with Crippen molar-refractivity contribution in [1.29, 1.82) is 0 Å². The Hall–Kier alpha value is -1.26. The Balaban J connectivity index is 1.81. The summed E-state index contributed by atoms with van der Waals surface area (Å²) >= 11 is 1.61. The number of thiazole rings is 1. The van der Waals surface area contributed by atoms with E-state index in [0.717, 1.165) is 34.5 Å². The number of fused-ring (bicyclic) bond motifs is 1. The molecule has 1 aliphatic carbocycles. The average Bonchev–Trinajstić information content (AvgIpc) is 2.89. The number of ether oxygens (including phenoxy) is 1. The fourth-order valence-corrected chi connectivity index (χ4v) is 4.32. The molecule has 21 heavy (non-hydrogen) atoms. The second kappa shape index (κ2) is 5.85. The van der Waals surface area contributed by atoms with Crippen LogP contribution in [0.25, 0.3) is 10.2 Å². The molecule has 1 aromatic carbocycles. The fourth-order valence-electron chi connectivity index (χ4n) is 3.35. The van der Waals surface area contributed by atoms with Crippen molar-refractivity contribution in [2.75, 3.05) is 7.11 Å². The van der Waals surface area contributed by atoms with Gasteiger partial charge in [-0.15, -0.1) is 11.3 Å². The predicted octanol–water partition coefficient (Wildman–Crippen LogP) is 4.00. The number of ketones is 1. The van der Waals surface area contributed by atoms with E-state index in [4.69, 9.17) is 4.74 Å². The molecule has 3 nitrogen and oxygen atoms in total. The van der Waals surface area contributed by atoms with Gasteiger partial charge in [0.15, 0.2) is 5.78 Å². The number of benzene rings is 1. The smallest absolute Gasteiger partial charge is 0.171 e. The third kappa shape index (κ3) is 2.87. The zero-order valence-corrected chi connectivity index (χ0v) is 13.4. The van der Waals surface area contributed by atoms with E-state index in [1.54, 1.807) is 18.4 Å². The van der Waals surface area contributed by atoms with E-state index in [-0.39, 0.29) is 5.78 Å². The average molecular weight is 303 g/mol. The van der Waals surface area contributed by atoms with Crippen molar-refractivity contribution in [2.24, 2.45) is 5.92 Å². The van der Waals surface area contributed by atoms with Crippen LogP contribution in [0.2, 0.25) is 0 Å². The Morgan fingerprint density at radius 1 is 1.48 bits per heavy atom. The summed E-state index contributed by atoms with van der Waals surface area (Å²) < 4.78 is 6.83. The first-order chi connectivity index (χ1) is 10.1. The van der Waals surface area contributed by atoms with Crippen LogP contribution in [-0.4, -0.2) is 23.5 Å². The van der Waals surface area contributed by atoms with Crippen molar-refractivity contribution in [3.63, 3.8) is 0 Å². The van der Waals surface area contributed by atoms with Crippen molar-refractivity contribution in [2.45, 2.75) is 44.6 Å². The molecule has 112 valence electrons. The molecule has 1 saturated carbocycles. The molecule has 0 aliphatic heterocycles. The molecule has 1 fully saturated rings. The molecule has 2 aromatic rings.